The molecule has 0 spiro atoms. The van der Waals surface area contributed by atoms with Gasteiger partial charge in [-0.15, -0.1) is 0 Å². The number of benzene rings is 1. The van der Waals surface area contributed by atoms with Gasteiger partial charge in [0.1, 0.15) is 0 Å². The molecule has 1 aliphatic carbocycles. The van der Waals surface area contributed by atoms with Crippen LogP contribution >= 0.6 is 0 Å². The van der Waals surface area contributed by atoms with Crippen molar-refractivity contribution in [1.29, 1.82) is 0 Å². The highest BCUT2D eigenvalue weighted by Gasteiger charge is 2.15. The van der Waals surface area contributed by atoms with Crippen LogP contribution < -0.4 is 16.0 Å². The van der Waals surface area contributed by atoms with E-state index in [2.05, 4.69) is 35.9 Å². The van der Waals surface area contributed by atoms with E-state index in [0.717, 1.165) is 18.5 Å². The molecule has 1 aromatic rings. The quantitative estimate of drug-likeness (QED) is 0.742. The molecule has 0 radical (unpaired) electrons. The van der Waals surface area contributed by atoms with Gasteiger partial charge in [-0.2, -0.15) is 0 Å². The minimum atomic E-state index is -0.170. The van der Waals surface area contributed by atoms with Crippen molar-refractivity contribution in [1.82, 2.24) is 10.6 Å². The Kier molecular flexibility index (Phi) is 7.09. The zero-order valence-electron chi connectivity index (χ0n) is 14.7. The number of anilines is 1. The van der Waals surface area contributed by atoms with E-state index in [9.17, 15) is 9.59 Å². The van der Waals surface area contributed by atoms with E-state index in [1.807, 2.05) is 18.2 Å². The Bertz CT molecular complexity index is 551. The number of carbonyl (C=O) groups is 2. The molecule has 5 heteroatoms. The zero-order valence-corrected chi connectivity index (χ0v) is 14.7. The molecule has 1 saturated carbocycles. The Morgan fingerprint density at radius 3 is 2.62 bits per heavy atom. The minimum absolute atomic E-state index is 0.0890. The highest BCUT2D eigenvalue weighted by atomic mass is 16.2. The molecule has 1 aliphatic rings. The van der Waals surface area contributed by atoms with Gasteiger partial charge in [0.15, 0.2) is 0 Å². The molecule has 5 nitrogen and oxygen atoms in total. The molecule has 0 atom stereocenters. The van der Waals surface area contributed by atoms with Gasteiger partial charge in [0.05, 0.1) is 0 Å². The molecule has 1 fully saturated rings. The second kappa shape index (κ2) is 9.30. The maximum Gasteiger partial charge on any atom is 0.315 e. The largest absolute Gasteiger partial charge is 0.338 e. The summed E-state index contributed by atoms with van der Waals surface area (Å²) in [5, 5.41) is 8.63. The monoisotopic (exact) mass is 331 g/mol. The van der Waals surface area contributed by atoms with Crippen LogP contribution in [0.25, 0.3) is 0 Å². The van der Waals surface area contributed by atoms with Crippen LogP contribution in [0.4, 0.5) is 10.5 Å². The first-order valence-corrected chi connectivity index (χ1v) is 8.99. The Labute approximate surface area is 144 Å². The Balaban J connectivity index is 1.67. The smallest absolute Gasteiger partial charge is 0.315 e. The van der Waals surface area contributed by atoms with Crippen molar-refractivity contribution in [3.63, 3.8) is 0 Å². The number of hydrogen-bond donors (Lipinski definition) is 3. The van der Waals surface area contributed by atoms with Gasteiger partial charge in [0.2, 0.25) is 5.91 Å². The topological polar surface area (TPSA) is 70.2 Å². The normalized spacial score (nSPS) is 15.1. The molecule has 3 N–H and O–H groups in total. The highest BCUT2D eigenvalue weighted by molar-refractivity contribution is 5.91. The third-order valence-electron chi connectivity index (χ3n) is 4.42. The first-order chi connectivity index (χ1) is 11.5. The average Bonchev–Trinajstić information content (AvgIpc) is 2.56. The van der Waals surface area contributed by atoms with E-state index < -0.39 is 0 Å². The predicted molar refractivity (Wildman–Crippen MR) is 97.2 cm³/mol. The van der Waals surface area contributed by atoms with E-state index in [1.54, 1.807) is 0 Å². The van der Waals surface area contributed by atoms with Crippen LogP contribution in [0.3, 0.4) is 0 Å². The van der Waals surface area contributed by atoms with Crippen molar-refractivity contribution in [2.24, 2.45) is 0 Å². The van der Waals surface area contributed by atoms with Gasteiger partial charge in [0.25, 0.3) is 0 Å². The van der Waals surface area contributed by atoms with Gasteiger partial charge >= 0.3 is 6.03 Å². The summed E-state index contributed by atoms with van der Waals surface area (Å²) >= 11 is 0. The van der Waals surface area contributed by atoms with Crippen LogP contribution in [-0.4, -0.2) is 24.5 Å². The number of rotatable bonds is 6. The summed E-state index contributed by atoms with van der Waals surface area (Å²) < 4.78 is 0. The molecule has 132 valence electrons. The number of nitrogens with one attached hydrogen (secondary N) is 3. The van der Waals surface area contributed by atoms with Gasteiger partial charge in [-0.05, 0) is 36.5 Å². The van der Waals surface area contributed by atoms with E-state index in [-0.39, 0.29) is 24.4 Å². The summed E-state index contributed by atoms with van der Waals surface area (Å²) in [7, 11) is 0. The molecule has 0 aromatic heterocycles. The Morgan fingerprint density at radius 2 is 1.92 bits per heavy atom. The molecule has 24 heavy (non-hydrogen) atoms. The van der Waals surface area contributed by atoms with E-state index in [1.165, 1.54) is 24.8 Å². The zero-order chi connectivity index (χ0) is 17.4. The molecule has 0 heterocycles. The maximum absolute atomic E-state index is 12.0. The van der Waals surface area contributed by atoms with Gasteiger partial charge in [-0.25, -0.2) is 4.79 Å². The van der Waals surface area contributed by atoms with Crippen LogP contribution in [0.5, 0.6) is 0 Å². The molecular weight excluding hydrogens is 302 g/mol. The lowest BCUT2D eigenvalue weighted by molar-refractivity contribution is -0.116. The van der Waals surface area contributed by atoms with Crippen molar-refractivity contribution < 1.29 is 9.59 Å². The lowest BCUT2D eigenvalue weighted by atomic mass is 9.96. The maximum atomic E-state index is 12.0. The first kappa shape index (κ1) is 18.3. The van der Waals surface area contributed by atoms with Gasteiger partial charge in [-0.1, -0.05) is 45.2 Å². The minimum Gasteiger partial charge on any atom is -0.338 e. The fourth-order valence-electron chi connectivity index (χ4n) is 2.97. The van der Waals surface area contributed by atoms with Crippen LogP contribution in [0, 0.1) is 0 Å². The SMILES string of the molecule is CC(C)c1cccc(NC(=O)CCNC(=O)NC2CCCCC2)c1. The van der Waals surface area contributed by atoms with Crippen LogP contribution in [0.15, 0.2) is 24.3 Å². The number of urea groups is 1. The molecule has 0 unspecified atom stereocenters. The number of amides is 3. The van der Waals surface area contributed by atoms with E-state index in [0.29, 0.717) is 12.5 Å². The van der Waals surface area contributed by atoms with Crippen molar-refractivity contribution in [3.05, 3.63) is 29.8 Å². The second-order valence-corrected chi connectivity index (χ2v) is 6.81. The summed E-state index contributed by atoms with van der Waals surface area (Å²) in [5.41, 5.74) is 2.00. The third-order valence-corrected chi connectivity index (χ3v) is 4.42. The lowest BCUT2D eigenvalue weighted by Gasteiger charge is -2.22. The van der Waals surface area contributed by atoms with Crippen LogP contribution in [-0.2, 0) is 4.79 Å². The Morgan fingerprint density at radius 1 is 1.17 bits per heavy atom. The third kappa shape index (κ3) is 6.22. The van der Waals surface area contributed by atoms with Gasteiger partial charge in [-0.3, -0.25) is 4.79 Å². The lowest BCUT2D eigenvalue weighted by Crippen LogP contribution is -2.43. The Hall–Kier alpha value is -2.04. The van der Waals surface area contributed by atoms with Gasteiger partial charge < -0.3 is 16.0 Å². The summed E-state index contributed by atoms with van der Waals surface area (Å²) in [6.45, 7) is 4.58. The van der Waals surface area contributed by atoms with Crippen molar-refractivity contribution in [2.45, 2.75) is 64.3 Å². The molecule has 0 saturated heterocycles. The molecule has 0 aliphatic heterocycles. The van der Waals surface area contributed by atoms with Gasteiger partial charge in [0, 0.05) is 24.7 Å². The van der Waals surface area contributed by atoms with E-state index >= 15 is 0 Å². The summed E-state index contributed by atoms with van der Waals surface area (Å²) in [6, 6.07) is 7.99. The summed E-state index contributed by atoms with van der Waals surface area (Å²) in [5.74, 6) is 0.334. The molecular formula is C19H29N3O2. The van der Waals surface area contributed by atoms with E-state index in [4.69, 9.17) is 0 Å². The van der Waals surface area contributed by atoms with Crippen LogP contribution in [0.2, 0.25) is 0 Å². The average molecular weight is 331 g/mol. The van der Waals surface area contributed by atoms with Crippen molar-refractivity contribution in [3.8, 4) is 0 Å². The molecule has 1 aromatic carbocycles. The standard InChI is InChI=1S/C19H29N3O2/c1-14(2)15-7-6-10-17(13-15)21-18(23)11-12-20-19(24)22-16-8-4-3-5-9-16/h6-7,10,13-14,16H,3-5,8-9,11-12H2,1-2H3,(H,21,23)(H2,20,22,24). The van der Waals surface area contributed by atoms with Crippen LogP contribution in [0.1, 0.15) is 63.9 Å². The molecule has 3 amide bonds. The predicted octanol–water partition coefficient (Wildman–Crippen LogP) is 3.77. The number of carbonyl (C=O) groups excluding carboxylic acids is 2. The summed E-state index contributed by atoms with van der Waals surface area (Å²) in [6.07, 6.45) is 6.01. The second-order valence-electron chi connectivity index (χ2n) is 6.81. The fraction of sp³-hybridized carbons (Fsp3) is 0.579. The van der Waals surface area contributed by atoms with Crippen molar-refractivity contribution in [2.75, 3.05) is 11.9 Å². The van der Waals surface area contributed by atoms with Crippen molar-refractivity contribution >= 4 is 17.6 Å². The first-order valence-electron chi connectivity index (χ1n) is 8.99. The fourth-order valence-corrected chi connectivity index (χ4v) is 2.97. The number of hydrogen-bond acceptors (Lipinski definition) is 2. The highest BCUT2D eigenvalue weighted by Crippen LogP contribution is 2.18. The molecule has 0 bridgehead atoms. The molecule has 2 rings (SSSR count). The summed E-state index contributed by atoms with van der Waals surface area (Å²) in [4.78, 5) is 23.8.